The van der Waals surface area contributed by atoms with E-state index in [1.807, 2.05) is 74.9 Å². The fourth-order valence-corrected chi connectivity index (χ4v) is 3.61. The largest absolute Gasteiger partial charge is 0.455 e. The number of nitrogens with one attached hydrogen (secondary N) is 2. The predicted octanol–water partition coefficient (Wildman–Crippen LogP) is 3.46. The summed E-state index contributed by atoms with van der Waals surface area (Å²) in [6.07, 6.45) is 3.82. The average molecular weight is 376 g/mol. The Labute approximate surface area is 164 Å². The van der Waals surface area contributed by atoms with Crippen molar-refractivity contribution in [1.29, 1.82) is 0 Å². The molecule has 0 unspecified atom stereocenters. The lowest BCUT2D eigenvalue weighted by atomic mass is 9.90. The summed E-state index contributed by atoms with van der Waals surface area (Å²) in [7, 11) is 1.89. The van der Waals surface area contributed by atoms with Gasteiger partial charge in [0.15, 0.2) is 5.75 Å². The normalized spacial score (nSPS) is 18.8. The minimum absolute atomic E-state index is 0.0117. The Balaban J connectivity index is 1.54. The van der Waals surface area contributed by atoms with Gasteiger partial charge in [-0.25, -0.2) is 0 Å². The molecule has 0 bridgehead atoms. The summed E-state index contributed by atoms with van der Waals surface area (Å²) in [5.74, 6) is 1.31. The van der Waals surface area contributed by atoms with E-state index in [0.29, 0.717) is 18.0 Å². The fourth-order valence-electron chi connectivity index (χ4n) is 3.61. The predicted molar refractivity (Wildman–Crippen MR) is 109 cm³/mol. The number of benzene rings is 2. The molecule has 2 aromatic carbocycles. The lowest BCUT2D eigenvalue weighted by Gasteiger charge is -2.19. The van der Waals surface area contributed by atoms with Gasteiger partial charge in [-0.05, 0) is 42.3 Å². The van der Waals surface area contributed by atoms with E-state index in [9.17, 15) is 4.79 Å². The number of para-hydroxylation sites is 1. The molecule has 1 saturated heterocycles. The van der Waals surface area contributed by atoms with Gasteiger partial charge in [0.25, 0.3) is 0 Å². The summed E-state index contributed by atoms with van der Waals surface area (Å²) in [5, 5.41) is 10.7. The highest BCUT2D eigenvalue weighted by Crippen LogP contribution is 2.33. The zero-order chi connectivity index (χ0) is 19.5. The number of amides is 1. The van der Waals surface area contributed by atoms with E-state index in [2.05, 4.69) is 15.7 Å². The molecule has 144 valence electrons. The molecule has 0 radical (unpaired) electrons. The van der Waals surface area contributed by atoms with Crippen molar-refractivity contribution in [3.05, 3.63) is 72.1 Å². The number of aromatic nitrogens is 2. The summed E-state index contributed by atoms with van der Waals surface area (Å²) in [6.45, 7) is 3.41. The zero-order valence-corrected chi connectivity index (χ0v) is 16.1. The summed E-state index contributed by atoms with van der Waals surface area (Å²) < 4.78 is 7.77. The van der Waals surface area contributed by atoms with Crippen LogP contribution in [0.3, 0.4) is 0 Å². The van der Waals surface area contributed by atoms with Crippen LogP contribution in [-0.4, -0.2) is 28.8 Å². The van der Waals surface area contributed by atoms with Crippen molar-refractivity contribution in [2.24, 2.45) is 13.0 Å². The standard InChI is InChI=1S/C22H24N4O2/c1-15-8-9-21(28-17-6-4-3-5-7-17)20(10-15)25-22(27)19-13-23-12-18(19)16-11-24-26(2)14-16/h3-11,14,18-19,23H,12-13H2,1-2H3,(H,25,27)/t18-,19+/m1/s1. The Morgan fingerprint density at radius 3 is 2.79 bits per heavy atom. The summed E-state index contributed by atoms with van der Waals surface area (Å²) in [4.78, 5) is 13.1. The van der Waals surface area contributed by atoms with Crippen LogP contribution in [0, 0.1) is 12.8 Å². The minimum atomic E-state index is -0.158. The van der Waals surface area contributed by atoms with Gasteiger partial charge < -0.3 is 15.4 Å². The molecule has 0 spiro atoms. The quantitative estimate of drug-likeness (QED) is 0.716. The van der Waals surface area contributed by atoms with Gasteiger partial charge in [-0.15, -0.1) is 0 Å². The van der Waals surface area contributed by atoms with Crippen molar-refractivity contribution < 1.29 is 9.53 Å². The van der Waals surface area contributed by atoms with E-state index in [1.165, 1.54) is 0 Å². The molecular formula is C22H24N4O2. The van der Waals surface area contributed by atoms with Crippen molar-refractivity contribution in [3.63, 3.8) is 0 Å². The topological polar surface area (TPSA) is 68.2 Å². The van der Waals surface area contributed by atoms with E-state index >= 15 is 0 Å². The van der Waals surface area contributed by atoms with Crippen LogP contribution in [0.15, 0.2) is 60.9 Å². The Morgan fingerprint density at radius 1 is 1.21 bits per heavy atom. The van der Waals surface area contributed by atoms with E-state index in [4.69, 9.17) is 4.74 Å². The van der Waals surface area contributed by atoms with Gasteiger partial charge >= 0.3 is 0 Å². The number of nitrogens with zero attached hydrogens (tertiary/aromatic N) is 2. The first-order chi connectivity index (χ1) is 13.6. The third kappa shape index (κ3) is 3.92. The number of anilines is 1. The highest BCUT2D eigenvalue weighted by molar-refractivity contribution is 5.95. The Kier molecular flexibility index (Phi) is 5.12. The molecule has 0 saturated carbocycles. The van der Waals surface area contributed by atoms with Crippen LogP contribution in [0.2, 0.25) is 0 Å². The first kappa shape index (κ1) is 18.3. The van der Waals surface area contributed by atoms with E-state index in [-0.39, 0.29) is 17.7 Å². The molecule has 28 heavy (non-hydrogen) atoms. The molecule has 4 rings (SSSR count). The molecule has 1 aliphatic rings. The molecule has 6 nitrogen and oxygen atoms in total. The van der Waals surface area contributed by atoms with Crippen LogP contribution in [0.4, 0.5) is 5.69 Å². The molecule has 2 heterocycles. The second-order valence-corrected chi connectivity index (χ2v) is 7.22. The van der Waals surface area contributed by atoms with Crippen molar-refractivity contribution in [1.82, 2.24) is 15.1 Å². The second-order valence-electron chi connectivity index (χ2n) is 7.22. The van der Waals surface area contributed by atoms with Gasteiger partial charge in [-0.1, -0.05) is 24.3 Å². The second kappa shape index (κ2) is 7.86. The number of carbonyl (C=O) groups excluding carboxylic acids is 1. The maximum Gasteiger partial charge on any atom is 0.229 e. The third-order valence-corrected chi connectivity index (χ3v) is 5.07. The summed E-state index contributed by atoms with van der Waals surface area (Å²) in [5.41, 5.74) is 2.83. The molecule has 3 aromatic rings. The Hall–Kier alpha value is -3.12. The molecule has 1 amide bonds. The van der Waals surface area contributed by atoms with Gasteiger partial charge in [0, 0.05) is 32.3 Å². The van der Waals surface area contributed by atoms with E-state index < -0.39 is 0 Å². The average Bonchev–Trinajstić information content (AvgIpc) is 3.33. The maximum absolute atomic E-state index is 13.1. The molecule has 2 atom stereocenters. The van der Waals surface area contributed by atoms with Crippen molar-refractivity contribution >= 4 is 11.6 Å². The third-order valence-electron chi connectivity index (χ3n) is 5.07. The van der Waals surface area contributed by atoms with Crippen LogP contribution in [0.25, 0.3) is 0 Å². The molecule has 1 fully saturated rings. The van der Waals surface area contributed by atoms with Gasteiger partial charge in [0.2, 0.25) is 5.91 Å². The molecule has 1 aliphatic heterocycles. The van der Waals surface area contributed by atoms with Gasteiger partial charge in [-0.3, -0.25) is 9.48 Å². The maximum atomic E-state index is 13.1. The highest BCUT2D eigenvalue weighted by Gasteiger charge is 2.35. The monoisotopic (exact) mass is 376 g/mol. The highest BCUT2D eigenvalue weighted by atomic mass is 16.5. The van der Waals surface area contributed by atoms with Crippen LogP contribution in [-0.2, 0) is 11.8 Å². The fraction of sp³-hybridized carbons (Fsp3) is 0.273. The van der Waals surface area contributed by atoms with Gasteiger partial charge in [0.05, 0.1) is 17.8 Å². The lowest BCUT2D eigenvalue weighted by Crippen LogP contribution is -2.28. The van der Waals surface area contributed by atoms with E-state index in [0.717, 1.165) is 23.4 Å². The number of hydrogen-bond acceptors (Lipinski definition) is 4. The van der Waals surface area contributed by atoms with Crippen molar-refractivity contribution in [2.75, 3.05) is 18.4 Å². The minimum Gasteiger partial charge on any atom is -0.455 e. The molecular weight excluding hydrogens is 352 g/mol. The summed E-state index contributed by atoms with van der Waals surface area (Å²) >= 11 is 0. The smallest absolute Gasteiger partial charge is 0.229 e. The van der Waals surface area contributed by atoms with Gasteiger partial charge in [-0.2, -0.15) is 5.10 Å². The molecule has 1 aromatic heterocycles. The van der Waals surface area contributed by atoms with Crippen LogP contribution in [0.1, 0.15) is 17.0 Å². The van der Waals surface area contributed by atoms with Crippen LogP contribution < -0.4 is 15.4 Å². The SMILES string of the molecule is Cc1ccc(Oc2ccccc2)c(NC(=O)[C@H]2CNC[C@@H]2c2cnn(C)c2)c1. The molecule has 0 aliphatic carbocycles. The number of aryl methyl sites for hydroxylation is 2. The summed E-state index contributed by atoms with van der Waals surface area (Å²) in [6, 6.07) is 15.4. The van der Waals surface area contributed by atoms with Crippen molar-refractivity contribution in [3.8, 4) is 11.5 Å². The first-order valence-electron chi connectivity index (χ1n) is 9.44. The Morgan fingerprint density at radius 2 is 2.04 bits per heavy atom. The number of carbonyl (C=O) groups is 1. The van der Waals surface area contributed by atoms with Crippen LogP contribution in [0.5, 0.6) is 11.5 Å². The molecule has 2 N–H and O–H groups in total. The Bertz CT molecular complexity index is 968. The number of hydrogen-bond donors (Lipinski definition) is 2. The zero-order valence-electron chi connectivity index (χ0n) is 16.1. The van der Waals surface area contributed by atoms with Gasteiger partial charge in [0.1, 0.15) is 5.75 Å². The van der Waals surface area contributed by atoms with E-state index in [1.54, 1.807) is 4.68 Å². The number of rotatable bonds is 5. The van der Waals surface area contributed by atoms with Crippen molar-refractivity contribution in [2.45, 2.75) is 12.8 Å². The molecule has 6 heteroatoms. The first-order valence-corrected chi connectivity index (χ1v) is 9.44. The number of ether oxygens (including phenoxy) is 1. The lowest BCUT2D eigenvalue weighted by molar-refractivity contribution is -0.119. The van der Waals surface area contributed by atoms with Crippen LogP contribution >= 0.6 is 0 Å².